The first kappa shape index (κ1) is 18.0. The molecule has 27 heavy (non-hydrogen) atoms. The normalized spacial score (nSPS) is 14.6. The molecule has 1 aromatic carbocycles. The minimum Gasteiger partial charge on any atom is -0.469 e. The molecule has 0 saturated carbocycles. The number of aryl methyl sites for hydroxylation is 3. The number of furan rings is 1. The molecular formula is C20H22N2O4S. The van der Waals surface area contributed by atoms with Gasteiger partial charge in [0.15, 0.2) is 5.78 Å². The highest BCUT2D eigenvalue weighted by Gasteiger charge is 2.25. The third-order valence-corrected chi connectivity index (χ3v) is 6.65. The molecule has 0 saturated heterocycles. The molecule has 4 rings (SSSR count). The van der Waals surface area contributed by atoms with E-state index in [1.165, 1.54) is 0 Å². The van der Waals surface area contributed by atoms with Crippen LogP contribution in [0.3, 0.4) is 0 Å². The Bertz CT molecular complexity index is 1090. The summed E-state index contributed by atoms with van der Waals surface area (Å²) in [5.41, 5.74) is 2.99. The van der Waals surface area contributed by atoms with E-state index < -0.39 is 10.0 Å². The molecule has 0 fully saturated rings. The number of aromatic nitrogens is 1. The summed E-state index contributed by atoms with van der Waals surface area (Å²) in [5.74, 6) is 0.974. The van der Waals surface area contributed by atoms with Gasteiger partial charge in [-0.25, -0.2) is 13.1 Å². The highest BCUT2D eigenvalue weighted by Crippen LogP contribution is 2.32. The summed E-state index contributed by atoms with van der Waals surface area (Å²) in [6.07, 6.45) is 5.15. The molecular weight excluding hydrogens is 364 g/mol. The predicted molar refractivity (Wildman–Crippen MR) is 103 cm³/mol. The number of carbonyl (C=O) groups is 1. The van der Waals surface area contributed by atoms with Gasteiger partial charge in [0.05, 0.1) is 11.2 Å². The third-order valence-electron chi connectivity index (χ3n) is 5.04. The monoisotopic (exact) mass is 386 g/mol. The Kier molecular flexibility index (Phi) is 4.65. The van der Waals surface area contributed by atoms with Gasteiger partial charge in [-0.05, 0) is 56.0 Å². The zero-order chi connectivity index (χ0) is 19.0. The Morgan fingerprint density at radius 3 is 2.89 bits per heavy atom. The van der Waals surface area contributed by atoms with Gasteiger partial charge in [-0.15, -0.1) is 0 Å². The summed E-state index contributed by atoms with van der Waals surface area (Å²) in [6.45, 7) is 2.10. The molecule has 0 atom stereocenters. The van der Waals surface area contributed by atoms with Gasteiger partial charge in [0.1, 0.15) is 5.76 Å². The first-order valence-corrected chi connectivity index (χ1v) is 10.6. The Morgan fingerprint density at radius 1 is 1.26 bits per heavy atom. The molecule has 0 amide bonds. The SMILES string of the molecule is Cc1cc2c3c([nH]c2cc1S(=O)(=O)NCCCc1ccco1)CCCC3=O. The quantitative estimate of drug-likeness (QED) is 0.634. The zero-order valence-corrected chi connectivity index (χ0v) is 16.0. The lowest BCUT2D eigenvalue weighted by Crippen LogP contribution is -2.25. The van der Waals surface area contributed by atoms with Gasteiger partial charge in [0, 0.05) is 41.5 Å². The van der Waals surface area contributed by atoms with Gasteiger partial charge in [0.25, 0.3) is 0 Å². The minimum atomic E-state index is -3.62. The number of hydrogen-bond acceptors (Lipinski definition) is 4. The molecule has 6 nitrogen and oxygen atoms in total. The molecule has 3 aromatic rings. The second-order valence-electron chi connectivity index (χ2n) is 7.00. The lowest BCUT2D eigenvalue weighted by Gasteiger charge is -2.11. The first-order chi connectivity index (χ1) is 13.0. The van der Waals surface area contributed by atoms with E-state index >= 15 is 0 Å². The predicted octanol–water partition coefficient (Wildman–Crippen LogP) is 3.50. The number of ketones is 1. The third kappa shape index (κ3) is 3.44. The van der Waals surface area contributed by atoms with Crippen molar-refractivity contribution in [2.75, 3.05) is 6.54 Å². The molecule has 0 unspecified atom stereocenters. The average Bonchev–Trinajstić information content (AvgIpc) is 3.26. The topological polar surface area (TPSA) is 92.2 Å². The van der Waals surface area contributed by atoms with Crippen LogP contribution in [0.4, 0.5) is 0 Å². The lowest BCUT2D eigenvalue weighted by atomic mass is 9.94. The average molecular weight is 386 g/mol. The van der Waals surface area contributed by atoms with Crippen LogP contribution in [0.5, 0.6) is 0 Å². The van der Waals surface area contributed by atoms with Crippen LogP contribution < -0.4 is 4.72 Å². The van der Waals surface area contributed by atoms with E-state index in [0.29, 0.717) is 36.9 Å². The number of H-pyrrole nitrogens is 1. The summed E-state index contributed by atoms with van der Waals surface area (Å²) in [7, 11) is -3.62. The van der Waals surface area contributed by atoms with E-state index in [1.54, 1.807) is 19.3 Å². The molecule has 0 aliphatic heterocycles. The molecule has 2 aromatic heterocycles. The van der Waals surface area contributed by atoms with E-state index in [-0.39, 0.29) is 10.7 Å². The van der Waals surface area contributed by atoms with Gasteiger partial charge < -0.3 is 9.40 Å². The molecule has 0 bridgehead atoms. The van der Waals surface area contributed by atoms with Crippen LogP contribution in [0.1, 0.15) is 46.6 Å². The van der Waals surface area contributed by atoms with Crippen LogP contribution in [-0.2, 0) is 22.9 Å². The van der Waals surface area contributed by atoms with Gasteiger partial charge in [-0.1, -0.05) is 0 Å². The fourth-order valence-electron chi connectivity index (χ4n) is 3.73. The molecule has 0 radical (unpaired) electrons. The maximum Gasteiger partial charge on any atom is 0.240 e. The Hall–Kier alpha value is -2.38. The highest BCUT2D eigenvalue weighted by molar-refractivity contribution is 7.89. The number of nitrogens with one attached hydrogen (secondary N) is 2. The number of hydrogen-bond donors (Lipinski definition) is 2. The number of sulfonamides is 1. The van der Waals surface area contributed by atoms with Crippen molar-refractivity contribution in [1.29, 1.82) is 0 Å². The Balaban J connectivity index is 1.56. The van der Waals surface area contributed by atoms with Crippen molar-refractivity contribution < 1.29 is 17.6 Å². The number of benzene rings is 1. The highest BCUT2D eigenvalue weighted by atomic mass is 32.2. The van der Waals surface area contributed by atoms with Crippen molar-refractivity contribution in [3.8, 4) is 0 Å². The first-order valence-electron chi connectivity index (χ1n) is 9.16. The summed E-state index contributed by atoms with van der Waals surface area (Å²) in [4.78, 5) is 15.8. The Morgan fingerprint density at radius 2 is 2.11 bits per heavy atom. The van der Waals surface area contributed by atoms with Gasteiger partial charge >= 0.3 is 0 Å². The maximum atomic E-state index is 12.8. The number of Topliss-reactive ketones (excluding diaryl/α,β-unsaturated/α-hetero) is 1. The van der Waals surface area contributed by atoms with Crippen LogP contribution in [0.25, 0.3) is 10.9 Å². The number of carbonyl (C=O) groups excluding carboxylic acids is 1. The fraction of sp³-hybridized carbons (Fsp3) is 0.350. The smallest absolute Gasteiger partial charge is 0.240 e. The number of rotatable bonds is 6. The molecule has 1 aliphatic carbocycles. The van der Waals surface area contributed by atoms with Crippen molar-refractivity contribution >= 4 is 26.7 Å². The lowest BCUT2D eigenvalue weighted by molar-refractivity contribution is 0.0974. The second-order valence-corrected chi connectivity index (χ2v) is 8.73. The maximum absolute atomic E-state index is 12.8. The van der Waals surface area contributed by atoms with Crippen LogP contribution in [0, 0.1) is 6.92 Å². The summed E-state index contributed by atoms with van der Waals surface area (Å²) < 4.78 is 33.4. The van der Waals surface area contributed by atoms with E-state index in [2.05, 4.69) is 9.71 Å². The number of fused-ring (bicyclic) bond motifs is 3. The van der Waals surface area contributed by atoms with E-state index in [9.17, 15) is 13.2 Å². The Labute approximate surface area is 158 Å². The summed E-state index contributed by atoms with van der Waals surface area (Å²) in [5, 5.41) is 0.823. The van der Waals surface area contributed by atoms with Crippen molar-refractivity contribution in [2.45, 2.75) is 43.9 Å². The van der Waals surface area contributed by atoms with E-state index in [0.717, 1.165) is 35.2 Å². The molecule has 2 N–H and O–H groups in total. The van der Waals surface area contributed by atoms with Crippen LogP contribution in [-0.4, -0.2) is 25.7 Å². The fourth-order valence-corrected chi connectivity index (χ4v) is 5.06. The zero-order valence-electron chi connectivity index (χ0n) is 15.2. The van der Waals surface area contributed by atoms with Crippen LogP contribution in [0.2, 0.25) is 0 Å². The minimum absolute atomic E-state index is 0.133. The van der Waals surface area contributed by atoms with Crippen molar-refractivity contribution in [3.63, 3.8) is 0 Å². The van der Waals surface area contributed by atoms with Gasteiger partial charge in [0.2, 0.25) is 10.0 Å². The molecule has 142 valence electrons. The van der Waals surface area contributed by atoms with Crippen molar-refractivity contribution in [1.82, 2.24) is 9.71 Å². The van der Waals surface area contributed by atoms with Gasteiger partial charge in [-0.2, -0.15) is 0 Å². The van der Waals surface area contributed by atoms with E-state index in [1.807, 2.05) is 18.2 Å². The van der Waals surface area contributed by atoms with E-state index in [4.69, 9.17) is 4.42 Å². The van der Waals surface area contributed by atoms with Crippen LogP contribution >= 0.6 is 0 Å². The standard InChI is InChI=1S/C20H22N2O4S/c1-13-11-15-17(22-16-7-2-8-18(23)20(15)16)12-19(13)27(24,25)21-9-3-5-14-6-4-10-26-14/h4,6,10-12,21-22H,2-3,5,7-9H2,1H3. The van der Waals surface area contributed by atoms with Crippen LogP contribution in [0.15, 0.2) is 39.8 Å². The molecule has 2 heterocycles. The largest absolute Gasteiger partial charge is 0.469 e. The molecule has 0 spiro atoms. The van der Waals surface area contributed by atoms with Gasteiger partial charge in [-0.3, -0.25) is 4.79 Å². The van der Waals surface area contributed by atoms with Crippen molar-refractivity contribution in [3.05, 3.63) is 53.1 Å². The molecule has 7 heteroatoms. The molecule has 1 aliphatic rings. The van der Waals surface area contributed by atoms with Crippen molar-refractivity contribution in [2.24, 2.45) is 0 Å². The summed E-state index contributed by atoms with van der Waals surface area (Å²) >= 11 is 0. The second kappa shape index (κ2) is 6.98. The summed E-state index contributed by atoms with van der Waals surface area (Å²) in [6, 6.07) is 7.15. The number of aromatic amines is 1.